The van der Waals surface area contributed by atoms with Gasteiger partial charge in [0, 0.05) is 0 Å². The molecule has 0 aromatic rings. The first-order valence-corrected chi connectivity index (χ1v) is 4.75. The van der Waals surface area contributed by atoms with E-state index in [0.29, 0.717) is 5.92 Å². The van der Waals surface area contributed by atoms with E-state index in [1.54, 1.807) is 0 Å². The van der Waals surface area contributed by atoms with Crippen LogP contribution in [0.15, 0.2) is 0 Å². The van der Waals surface area contributed by atoms with Crippen LogP contribution in [0.1, 0.15) is 46.5 Å². The highest BCUT2D eigenvalue weighted by Crippen LogP contribution is 2.14. The largest absolute Gasteiger partial charge is 0.454 e. The molecule has 0 rings (SSSR count). The van der Waals surface area contributed by atoms with Gasteiger partial charge in [0.2, 0.25) is 0 Å². The van der Waals surface area contributed by atoms with Gasteiger partial charge in [0.1, 0.15) is 6.10 Å². The van der Waals surface area contributed by atoms with Gasteiger partial charge in [0.15, 0.2) is 0 Å². The molecule has 2 atom stereocenters. The molecule has 0 aliphatic rings. The third-order valence-electron chi connectivity index (χ3n) is 2.30. The predicted molar refractivity (Wildman–Crippen MR) is 49.5 cm³/mol. The van der Waals surface area contributed by atoms with Crippen LogP contribution in [0.4, 0.5) is 0 Å². The first-order chi connectivity index (χ1) is 5.72. The maximum Gasteiger partial charge on any atom is 0.417 e. The second-order valence-corrected chi connectivity index (χ2v) is 3.38. The lowest BCUT2D eigenvalue weighted by molar-refractivity contribution is 0.133. The van der Waals surface area contributed by atoms with Crippen molar-refractivity contribution < 1.29 is 9.53 Å². The summed E-state index contributed by atoms with van der Waals surface area (Å²) in [5, 5.41) is 0. The smallest absolute Gasteiger partial charge is 0.417 e. The quantitative estimate of drug-likeness (QED) is 0.550. The molecule has 2 nitrogen and oxygen atoms in total. The molecule has 0 spiro atoms. The number of rotatable bonds is 7. The van der Waals surface area contributed by atoms with E-state index in [0.717, 1.165) is 6.42 Å². The maximum atomic E-state index is 9.90. The van der Waals surface area contributed by atoms with Crippen LogP contribution in [0, 0.1) is 5.92 Å². The average molecular weight is 171 g/mol. The molecule has 0 heterocycles. The zero-order chi connectivity index (χ0) is 9.40. The van der Waals surface area contributed by atoms with Crippen LogP contribution >= 0.6 is 0 Å². The lowest BCUT2D eigenvalue weighted by atomic mass is 9.98. The van der Waals surface area contributed by atoms with Gasteiger partial charge in [-0.2, -0.15) is 0 Å². The molecule has 1 radical (unpaired) electrons. The maximum absolute atomic E-state index is 9.90. The topological polar surface area (TPSA) is 26.3 Å². The Labute approximate surface area is 75.3 Å². The molecule has 2 heteroatoms. The van der Waals surface area contributed by atoms with Crippen molar-refractivity contribution in [3.8, 4) is 0 Å². The zero-order valence-corrected chi connectivity index (χ0v) is 8.30. The second kappa shape index (κ2) is 7.14. The van der Waals surface area contributed by atoms with Crippen molar-refractivity contribution in [1.29, 1.82) is 0 Å². The van der Waals surface area contributed by atoms with E-state index < -0.39 is 0 Å². The summed E-state index contributed by atoms with van der Waals surface area (Å²) in [6.45, 7) is 7.70. The number of hydrogen-bond donors (Lipinski definition) is 0. The Morgan fingerprint density at radius 1 is 1.33 bits per heavy atom. The molecular formula is C10H19O2. The standard InChI is InChI=1S/C10H19O2/c1-4-5-6-7-9(2)10(3)12-8-11/h9-10H,4-7H2,1-3H3. The molecule has 0 amide bonds. The number of hydrogen-bond acceptors (Lipinski definition) is 2. The van der Waals surface area contributed by atoms with Crippen LogP contribution in [0.2, 0.25) is 0 Å². The number of unbranched alkanes of at least 4 members (excludes halogenated alkanes) is 2. The molecule has 0 bridgehead atoms. The van der Waals surface area contributed by atoms with Crippen molar-refractivity contribution in [3.63, 3.8) is 0 Å². The highest BCUT2D eigenvalue weighted by atomic mass is 16.5. The fourth-order valence-electron chi connectivity index (χ4n) is 1.14. The lowest BCUT2D eigenvalue weighted by Crippen LogP contribution is -2.17. The summed E-state index contributed by atoms with van der Waals surface area (Å²) >= 11 is 0. The highest BCUT2D eigenvalue weighted by Gasteiger charge is 2.12. The van der Waals surface area contributed by atoms with Crippen molar-refractivity contribution in [2.24, 2.45) is 5.92 Å². The van der Waals surface area contributed by atoms with Gasteiger partial charge < -0.3 is 4.74 Å². The first kappa shape index (κ1) is 11.5. The number of carbonyl (C=O) groups excluding carboxylic acids is 1. The van der Waals surface area contributed by atoms with Gasteiger partial charge in [-0.05, 0) is 19.3 Å². The van der Waals surface area contributed by atoms with Crippen LogP contribution in [0.5, 0.6) is 0 Å². The molecule has 0 aromatic heterocycles. The van der Waals surface area contributed by atoms with Crippen LogP contribution in [-0.2, 0) is 9.53 Å². The molecule has 0 aliphatic carbocycles. The van der Waals surface area contributed by atoms with Gasteiger partial charge >= 0.3 is 6.47 Å². The van der Waals surface area contributed by atoms with Crippen molar-refractivity contribution in [2.75, 3.05) is 0 Å². The van der Waals surface area contributed by atoms with Crippen LogP contribution in [0.25, 0.3) is 0 Å². The van der Waals surface area contributed by atoms with E-state index >= 15 is 0 Å². The summed E-state index contributed by atoms with van der Waals surface area (Å²) in [5.74, 6) is 0.456. The summed E-state index contributed by atoms with van der Waals surface area (Å²) in [6, 6.07) is 0. The lowest BCUT2D eigenvalue weighted by Gasteiger charge is -2.16. The molecular weight excluding hydrogens is 152 g/mol. The van der Waals surface area contributed by atoms with Crippen molar-refractivity contribution in [2.45, 2.75) is 52.6 Å². The van der Waals surface area contributed by atoms with Gasteiger partial charge in [-0.15, -0.1) is 0 Å². The Balaban J connectivity index is 3.41. The Morgan fingerprint density at radius 3 is 2.50 bits per heavy atom. The van der Waals surface area contributed by atoms with Crippen LogP contribution < -0.4 is 0 Å². The van der Waals surface area contributed by atoms with Crippen molar-refractivity contribution >= 4 is 6.47 Å². The fourth-order valence-corrected chi connectivity index (χ4v) is 1.14. The average Bonchev–Trinajstić information content (AvgIpc) is 2.05. The Bertz CT molecular complexity index is 112. The van der Waals surface area contributed by atoms with Gasteiger partial charge in [0.05, 0.1) is 0 Å². The monoisotopic (exact) mass is 171 g/mol. The van der Waals surface area contributed by atoms with E-state index in [-0.39, 0.29) is 6.10 Å². The van der Waals surface area contributed by atoms with Gasteiger partial charge in [-0.1, -0.05) is 33.1 Å². The SMILES string of the molecule is CCCCCC(C)C(C)O[C]=O. The summed E-state index contributed by atoms with van der Waals surface area (Å²) in [4.78, 5) is 9.90. The molecule has 0 saturated heterocycles. The Morgan fingerprint density at radius 2 is 2.00 bits per heavy atom. The minimum Gasteiger partial charge on any atom is -0.454 e. The molecule has 12 heavy (non-hydrogen) atoms. The van der Waals surface area contributed by atoms with E-state index in [4.69, 9.17) is 4.74 Å². The Kier molecular flexibility index (Phi) is 6.82. The molecule has 0 N–H and O–H groups in total. The molecule has 0 fully saturated rings. The molecule has 2 unspecified atom stereocenters. The summed E-state index contributed by atoms with van der Waals surface area (Å²) in [7, 11) is 0. The third kappa shape index (κ3) is 5.16. The predicted octanol–water partition coefficient (Wildman–Crippen LogP) is 2.68. The van der Waals surface area contributed by atoms with E-state index in [1.807, 2.05) is 6.92 Å². The van der Waals surface area contributed by atoms with Crippen LogP contribution in [0.3, 0.4) is 0 Å². The third-order valence-corrected chi connectivity index (χ3v) is 2.30. The van der Waals surface area contributed by atoms with E-state index in [2.05, 4.69) is 13.8 Å². The van der Waals surface area contributed by atoms with Crippen molar-refractivity contribution in [1.82, 2.24) is 0 Å². The summed E-state index contributed by atoms with van der Waals surface area (Å²) < 4.78 is 4.73. The zero-order valence-electron chi connectivity index (χ0n) is 8.30. The molecule has 0 aromatic carbocycles. The first-order valence-electron chi connectivity index (χ1n) is 4.75. The molecule has 0 aliphatic heterocycles. The number of ether oxygens (including phenoxy) is 1. The van der Waals surface area contributed by atoms with E-state index in [1.165, 1.54) is 25.7 Å². The van der Waals surface area contributed by atoms with E-state index in [9.17, 15) is 4.79 Å². The normalized spacial score (nSPS) is 15.2. The fraction of sp³-hybridized carbons (Fsp3) is 0.900. The van der Waals surface area contributed by atoms with Crippen LogP contribution in [-0.4, -0.2) is 12.6 Å². The van der Waals surface area contributed by atoms with Gasteiger partial charge in [0.25, 0.3) is 0 Å². The molecule has 71 valence electrons. The summed E-state index contributed by atoms with van der Waals surface area (Å²) in [6.07, 6.45) is 4.88. The van der Waals surface area contributed by atoms with Gasteiger partial charge in [-0.25, -0.2) is 4.79 Å². The van der Waals surface area contributed by atoms with Gasteiger partial charge in [-0.3, -0.25) is 0 Å². The molecule has 0 saturated carbocycles. The summed E-state index contributed by atoms with van der Waals surface area (Å²) in [5.41, 5.74) is 0. The highest BCUT2D eigenvalue weighted by molar-refractivity contribution is 5.38. The minimum atomic E-state index is 0.0133. The van der Waals surface area contributed by atoms with Crippen molar-refractivity contribution in [3.05, 3.63) is 0 Å². The minimum absolute atomic E-state index is 0.0133. The second-order valence-electron chi connectivity index (χ2n) is 3.38. The Hall–Kier alpha value is -0.530.